The molecule has 0 aliphatic heterocycles. The Bertz CT molecular complexity index is 952. The van der Waals surface area contributed by atoms with Gasteiger partial charge < -0.3 is 15.5 Å². The topological polar surface area (TPSA) is 125 Å². The lowest BCUT2D eigenvalue weighted by molar-refractivity contribution is -0.121. The summed E-state index contributed by atoms with van der Waals surface area (Å²) in [6.07, 6.45) is 2.95. The van der Waals surface area contributed by atoms with Crippen molar-refractivity contribution in [3.63, 3.8) is 0 Å². The van der Waals surface area contributed by atoms with Crippen molar-refractivity contribution >= 4 is 17.5 Å². The number of nitrogens with zero attached hydrogens (tertiary/aromatic N) is 3. The van der Waals surface area contributed by atoms with Crippen LogP contribution in [0, 0.1) is 0 Å². The lowest BCUT2D eigenvalue weighted by Crippen LogP contribution is -2.27. The van der Waals surface area contributed by atoms with Gasteiger partial charge >= 0.3 is 5.69 Å². The SMILES string of the molecule is NC(=O)c1coc(CNC(=O)CCn2nc3ccccn3c2=O)c1. The molecule has 0 aromatic carbocycles. The van der Waals surface area contributed by atoms with Crippen LogP contribution in [-0.2, 0) is 17.9 Å². The zero-order chi connectivity index (χ0) is 17.1. The van der Waals surface area contributed by atoms with Crippen LogP contribution in [0.4, 0.5) is 0 Å². The summed E-state index contributed by atoms with van der Waals surface area (Å²) in [4.78, 5) is 34.9. The van der Waals surface area contributed by atoms with Crippen molar-refractivity contribution in [1.82, 2.24) is 19.5 Å². The van der Waals surface area contributed by atoms with Crippen LogP contribution < -0.4 is 16.7 Å². The minimum absolute atomic E-state index is 0.0905. The largest absolute Gasteiger partial charge is 0.467 e. The molecule has 0 bridgehead atoms. The minimum Gasteiger partial charge on any atom is -0.467 e. The van der Waals surface area contributed by atoms with Crippen molar-refractivity contribution in [3.8, 4) is 0 Å². The maximum atomic E-state index is 12.1. The maximum absolute atomic E-state index is 12.1. The first-order chi connectivity index (χ1) is 11.5. The lowest BCUT2D eigenvalue weighted by atomic mass is 10.3. The number of furan rings is 1. The summed E-state index contributed by atoms with van der Waals surface area (Å²) in [6.45, 7) is 0.295. The number of fused-ring (bicyclic) bond motifs is 1. The third-order valence-corrected chi connectivity index (χ3v) is 3.44. The van der Waals surface area contributed by atoms with Gasteiger partial charge in [0.2, 0.25) is 5.91 Å². The lowest BCUT2D eigenvalue weighted by Gasteiger charge is -2.02. The molecule has 3 aromatic rings. The van der Waals surface area contributed by atoms with Crippen LogP contribution in [0.5, 0.6) is 0 Å². The first-order valence-electron chi connectivity index (χ1n) is 7.23. The summed E-state index contributed by atoms with van der Waals surface area (Å²) in [5.74, 6) is -0.444. The number of aromatic nitrogens is 3. The fourth-order valence-electron chi connectivity index (χ4n) is 2.20. The van der Waals surface area contributed by atoms with Crippen molar-refractivity contribution < 1.29 is 14.0 Å². The minimum atomic E-state index is -0.595. The van der Waals surface area contributed by atoms with E-state index in [1.807, 2.05) is 0 Å². The van der Waals surface area contributed by atoms with Crippen LogP contribution in [0.25, 0.3) is 5.65 Å². The smallest absolute Gasteiger partial charge is 0.350 e. The molecule has 9 nitrogen and oxygen atoms in total. The number of pyridine rings is 1. The van der Waals surface area contributed by atoms with E-state index in [0.29, 0.717) is 11.4 Å². The Hall–Kier alpha value is -3.36. The number of carbonyl (C=O) groups excluding carboxylic acids is 2. The molecule has 0 radical (unpaired) electrons. The molecule has 124 valence electrons. The van der Waals surface area contributed by atoms with E-state index in [1.54, 1.807) is 24.4 Å². The molecule has 0 unspecified atom stereocenters. The van der Waals surface area contributed by atoms with Crippen LogP contribution in [0.3, 0.4) is 0 Å². The van der Waals surface area contributed by atoms with Crippen LogP contribution in [-0.4, -0.2) is 26.0 Å². The highest BCUT2D eigenvalue weighted by Gasteiger charge is 2.10. The zero-order valence-corrected chi connectivity index (χ0v) is 12.6. The van der Waals surface area contributed by atoms with Gasteiger partial charge in [0.25, 0.3) is 5.91 Å². The normalized spacial score (nSPS) is 10.8. The predicted molar refractivity (Wildman–Crippen MR) is 83.1 cm³/mol. The maximum Gasteiger partial charge on any atom is 0.350 e. The molecule has 0 atom stereocenters. The van der Waals surface area contributed by atoms with E-state index < -0.39 is 5.91 Å². The van der Waals surface area contributed by atoms with Crippen molar-refractivity contribution in [2.75, 3.05) is 0 Å². The second-order valence-corrected chi connectivity index (χ2v) is 5.13. The highest BCUT2D eigenvalue weighted by molar-refractivity contribution is 5.92. The van der Waals surface area contributed by atoms with Gasteiger partial charge in [-0.1, -0.05) is 6.07 Å². The van der Waals surface area contributed by atoms with E-state index in [-0.39, 0.29) is 36.7 Å². The molecular formula is C15H15N5O4. The fourth-order valence-corrected chi connectivity index (χ4v) is 2.20. The molecule has 24 heavy (non-hydrogen) atoms. The Labute approximate surface area is 135 Å². The van der Waals surface area contributed by atoms with Gasteiger partial charge in [-0.2, -0.15) is 0 Å². The van der Waals surface area contributed by atoms with Crippen molar-refractivity contribution in [1.29, 1.82) is 0 Å². The number of hydrogen-bond donors (Lipinski definition) is 2. The van der Waals surface area contributed by atoms with E-state index in [1.165, 1.54) is 21.4 Å². The van der Waals surface area contributed by atoms with E-state index in [4.69, 9.17) is 10.2 Å². The second-order valence-electron chi connectivity index (χ2n) is 5.13. The molecule has 0 saturated heterocycles. The third kappa shape index (κ3) is 3.19. The predicted octanol–water partition coefficient (Wildman–Crippen LogP) is -0.106. The van der Waals surface area contributed by atoms with Gasteiger partial charge in [-0.25, -0.2) is 9.48 Å². The van der Waals surface area contributed by atoms with E-state index in [0.717, 1.165) is 0 Å². The van der Waals surface area contributed by atoms with Gasteiger partial charge in [0.05, 0.1) is 18.7 Å². The Balaban J connectivity index is 1.55. The highest BCUT2D eigenvalue weighted by atomic mass is 16.3. The summed E-state index contributed by atoms with van der Waals surface area (Å²) >= 11 is 0. The zero-order valence-electron chi connectivity index (χ0n) is 12.6. The summed E-state index contributed by atoms with van der Waals surface area (Å²) in [7, 11) is 0. The Kier molecular flexibility index (Phi) is 4.15. The number of carbonyl (C=O) groups is 2. The molecule has 9 heteroatoms. The average Bonchev–Trinajstić information content (AvgIpc) is 3.17. The number of hydrogen-bond acceptors (Lipinski definition) is 5. The Morgan fingerprint density at radius 3 is 2.88 bits per heavy atom. The average molecular weight is 329 g/mol. The van der Waals surface area contributed by atoms with Gasteiger partial charge in [0.1, 0.15) is 12.0 Å². The molecule has 3 N–H and O–H groups in total. The number of rotatable bonds is 6. The van der Waals surface area contributed by atoms with E-state index in [9.17, 15) is 14.4 Å². The first-order valence-corrected chi connectivity index (χ1v) is 7.23. The third-order valence-electron chi connectivity index (χ3n) is 3.44. The van der Waals surface area contributed by atoms with Crippen LogP contribution in [0.1, 0.15) is 22.5 Å². The highest BCUT2D eigenvalue weighted by Crippen LogP contribution is 2.06. The molecule has 0 fully saturated rings. The van der Waals surface area contributed by atoms with Crippen molar-refractivity contribution in [3.05, 3.63) is 58.5 Å². The number of primary amides is 1. The standard InChI is InChI=1S/C15H15N5O4/c16-14(22)10-7-11(24-9-10)8-17-13(21)4-6-20-15(23)19-5-2-1-3-12(19)18-20/h1-3,5,7,9H,4,6,8H2,(H2,16,22)(H,17,21). The molecule has 0 saturated carbocycles. The number of nitrogens with one attached hydrogen (secondary N) is 1. The van der Waals surface area contributed by atoms with Gasteiger partial charge in [0.15, 0.2) is 5.65 Å². The van der Waals surface area contributed by atoms with Gasteiger partial charge in [-0.3, -0.25) is 14.0 Å². The van der Waals surface area contributed by atoms with Crippen molar-refractivity contribution in [2.24, 2.45) is 5.73 Å². The van der Waals surface area contributed by atoms with Gasteiger partial charge in [-0.15, -0.1) is 5.10 Å². The Morgan fingerprint density at radius 2 is 2.17 bits per heavy atom. The molecule has 3 rings (SSSR count). The van der Waals surface area contributed by atoms with Gasteiger partial charge in [0, 0.05) is 12.6 Å². The number of aryl methyl sites for hydroxylation is 1. The molecule has 0 aliphatic rings. The monoisotopic (exact) mass is 329 g/mol. The van der Waals surface area contributed by atoms with Crippen LogP contribution in [0.2, 0.25) is 0 Å². The molecule has 2 amide bonds. The quantitative estimate of drug-likeness (QED) is 0.653. The van der Waals surface area contributed by atoms with E-state index >= 15 is 0 Å². The summed E-state index contributed by atoms with van der Waals surface area (Å²) < 4.78 is 7.76. The molecule has 0 spiro atoms. The summed E-state index contributed by atoms with van der Waals surface area (Å²) in [5, 5.41) is 6.78. The molecular weight excluding hydrogens is 314 g/mol. The summed E-state index contributed by atoms with van der Waals surface area (Å²) in [5.41, 5.74) is 5.59. The fraction of sp³-hybridized carbons (Fsp3) is 0.200. The number of amides is 2. The Morgan fingerprint density at radius 1 is 1.33 bits per heavy atom. The van der Waals surface area contributed by atoms with Crippen LogP contribution >= 0.6 is 0 Å². The number of nitrogens with two attached hydrogens (primary N) is 1. The molecule has 3 heterocycles. The molecule has 0 aliphatic carbocycles. The van der Waals surface area contributed by atoms with E-state index in [2.05, 4.69) is 10.4 Å². The summed E-state index contributed by atoms with van der Waals surface area (Å²) in [6, 6.07) is 6.69. The molecule has 3 aromatic heterocycles. The van der Waals surface area contributed by atoms with Gasteiger partial charge in [-0.05, 0) is 18.2 Å². The second kappa shape index (κ2) is 6.41. The first kappa shape index (κ1) is 15.5. The van der Waals surface area contributed by atoms with Crippen LogP contribution in [0.15, 0.2) is 45.9 Å². The van der Waals surface area contributed by atoms with Crippen molar-refractivity contribution in [2.45, 2.75) is 19.5 Å².